The van der Waals surface area contributed by atoms with Crippen LogP contribution in [0.1, 0.15) is 18.9 Å². The molecule has 164 valence electrons. The van der Waals surface area contributed by atoms with Crippen LogP contribution in [0.15, 0.2) is 30.6 Å². The van der Waals surface area contributed by atoms with E-state index in [9.17, 15) is 18.0 Å². The average Bonchev–Trinajstić information content (AvgIpc) is 3.36. The number of aryl methyl sites for hydroxylation is 2. The van der Waals surface area contributed by atoms with Crippen molar-refractivity contribution >= 4 is 34.3 Å². The first-order valence-electron chi connectivity index (χ1n) is 9.87. The summed E-state index contributed by atoms with van der Waals surface area (Å²) in [7, 11) is 3.55. The second kappa shape index (κ2) is 8.09. The first kappa shape index (κ1) is 21.0. The lowest BCUT2D eigenvalue weighted by atomic mass is 10.1. The molecule has 0 radical (unpaired) electrons. The van der Waals surface area contributed by atoms with E-state index >= 15 is 0 Å². The molecule has 1 aliphatic carbocycles. The number of alkyl halides is 3. The van der Waals surface area contributed by atoms with E-state index in [-0.39, 0.29) is 18.0 Å². The molecule has 1 fully saturated rings. The average molecular weight is 433 g/mol. The van der Waals surface area contributed by atoms with E-state index in [1.54, 1.807) is 42.0 Å². The van der Waals surface area contributed by atoms with E-state index in [1.165, 1.54) is 12.1 Å². The Morgan fingerprint density at radius 2 is 2.13 bits per heavy atom. The van der Waals surface area contributed by atoms with E-state index in [4.69, 9.17) is 0 Å². The minimum absolute atomic E-state index is 0.0342. The second-order valence-electron chi connectivity index (χ2n) is 7.48. The maximum atomic E-state index is 13.3. The van der Waals surface area contributed by atoms with Gasteiger partial charge in [0.25, 0.3) is 0 Å². The molecule has 10 heteroatoms. The third kappa shape index (κ3) is 4.14. The van der Waals surface area contributed by atoms with Crippen molar-refractivity contribution in [2.24, 2.45) is 13.0 Å². The highest BCUT2D eigenvalue weighted by Crippen LogP contribution is 2.36. The maximum absolute atomic E-state index is 13.3. The minimum atomic E-state index is -2.93. The topological polar surface area (TPSA) is 72.3 Å². The summed E-state index contributed by atoms with van der Waals surface area (Å²) in [4.78, 5) is 22.9. The number of halogens is 3. The molecule has 1 saturated carbocycles. The quantitative estimate of drug-likeness (QED) is 0.605. The lowest BCUT2D eigenvalue weighted by Gasteiger charge is -2.23. The van der Waals surface area contributed by atoms with Crippen LogP contribution in [0.2, 0.25) is 0 Å². The normalized spacial score (nSPS) is 17.8. The predicted octanol–water partition coefficient (Wildman–Crippen LogP) is 4.20. The number of anilines is 3. The van der Waals surface area contributed by atoms with Crippen molar-refractivity contribution in [1.29, 1.82) is 0 Å². The number of nitrogens with zero attached hydrogens (tertiary/aromatic N) is 4. The third-order valence-corrected chi connectivity index (χ3v) is 5.36. The van der Waals surface area contributed by atoms with Gasteiger partial charge in [-0.3, -0.25) is 4.79 Å². The summed E-state index contributed by atoms with van der Waals surface area (Å²) in [5.74, 6) is -0.387. The van der Waals surface area contributed by atoms with Gasteiger partial charge in [-0.05, 0) is 24.5 Å². The number of hydrogen-bond donors (Lipinski definition) is 1. The van der Waals surface area contributed by atoms with Gasteiger partial charge >= 0.3 is 6.61 Å². The Morgan fingerprint density at radius 1 is 1.39 bits per heavy atom. The molecule has 1 aliphatic rings. The zero-order valence-corrected chi connectivity index (χ0v) is 17.3. The number of amides is 1. The summed E-state index contributed by atoms with van der Waals surface area (Å²) in [6.07, 6.45) is 1.32. The Labute approximate surface area is 176 Å². The third-order valence-electron chi connectivity index (χ3n) is 5.36. The van der Waals surface area contributed by atoms with Gasteiger partial charge in [0.2, 0.25) is 5.91 Å². The molecule has 1 N–H and O–H groups in total. The molecule has 7 nitrogen and oxygen atoms in total. The summed E-state index contributed by atoms with van der Waals surface area (Å²) in [5.41, 5.74) is 2.73. The number of fused-ring (bicyclic) bond motifs is 1. The molecule has 3 aromatic rings. The van der Waals surface area contributed by atoms with Gasteiger partial charge < -0.3 is 19.5 Å². The number of carbonyl (C=O) groups is 1. The molecular weight excluding hydrogens is 411 g/mol. The first-order valence-corrected chi connectivity index (χ1v) is 9.87. The van der Waals surface area contributed by atoms with Gasteiger partial charge in [-0.1, -0.05) is 13.0 Å². The molecular formula is C21H22F3N5O2. The zero-order valence-electron chi connectivity index (χ0n) is 17.3. The molecule has 0 saturated heterocycles. The second-order valence-corrected chi connectivity index (χ2v) is 7.48. The van der Waals surface area contributed by atoms with Crippen LogP contribution < -0.4 is 15.0 Å². The van der Waals surface area contributed by atoms with Crippen LogP contribution in [-0.2, 0) is 18.3 Å². The fourth-order valence-electron chi connectivity index (χ4n) is 3.47. The van der Waals surface area contributed by atoms with Crippen LogP contribution in [0.25, 0.3) is 11.0 Å². The first-order chi connectivity index (χ1) is 14.8. The Morgan fingerprint density at radius 3 is 2.77 bits per heavy atom. The van der Waals surface area contributed by atoms with E-state index in [2.05, 4.69) is 20.0 Å². The summed E-state index contributed by atoms with van der Waals surface area (Å²) in [5, 5.41) is 2.69. The van der Waals surface area contributed by atoms with E-state index in [1.807, 2.05) is 6.92 Å². The Kier molecular flexibility index (Phi) is 5.47. The smallest absolute Gasteiger partial charge is 0.387 e. The Hall–Kier alpha value is -3.30. The number of nitrogens with one attached hydrogen (secondary N) is 1. The van der Waals surface area contributed by atoms with Gasteiger partial charge in [-0.15, -0.1) is 0 Å². The van der Waals surface area contributed by atoms with Crippen molar-refractivity contribution in [2.45, 2.75) is 32.5 Å². The van der Waals surface area contributed by atoms with Crippen LogP contribution in [0.5, 0.6) is 5.75 Å². The van der Waals surface area contributed by atoms with Gasteiger partial charge in [0.05, 0.1) is 17.8 Å². The Balaban J connectivity index is 1.75. The zero-order chi connectivity index (χ0) is 22.3. The largest absolute Gasteiger partial charge is 0.435 e. The highest BCUT2D eigenvalue weighted by Gasteiger charge is 2.44. The molecule has 0 bridgehead atoms. The molecule has 0 aliphatic heterocycles. The van der Waals surface area contributed by atoms with Crippen LogP contribution >= 0.6 is 0 Å². The van der Waals surface area contributed by atoms with Crippen molar-refractivity contribution in [3.05, 3.63) is 36.2 Å². The van der Waals surface area contributed by atoms with Gasteiger partial charge in [-0.2, -0.15) is 8.78 Å². The minimum Gasteiger partial charge on any atom is -0.435 e. The van der Waals surface area contributed by atoms with Crippen molar-refractivity contribution in [1.82, 2.24) is 14.5 Å². The molecule has 31 heavy (non-hydrogen) atoms. The summed E-state index contributed by atoms with van der Waals surface area (Å²) in [6, 6.07) is 6.53. The maximum Gasteiger partial charge on any atom is 0.387 e. The Bertz CT molecular complexity index is 1130. The molecule has 4 rings (SSSR count). The molecule has 2 atom stereocenters. The molecule has 1 amide bonds. The van der Waals surface area contributed by atoms with Crippen molar-refractivity contribution in [2.75, 3.05) is 17.3 Å². The van der Waals surface area contributed by atoms with Crippen LogP contribution in [0.4, 0.5) is 30.5 Å². The summed E-state index contributed by atoms with van der Waals surface area (Å²) in [6.45, 7) is -0.981. The number of aromatic nitrogens is 3. The highest BCUT2D eigenvalue weighted by molar-refractivity contribution is 6.01. The molecule has 0 unspecified atom stereocenters. The van der Waals surface area contributed by atoms with Crippen LogP contribution in [0.3, 0.4) is 0 Å². The van der Waals surface area contributed by atoms with Gasteiger partial charge in [-0.25, -0.2) is 14.4 Å². The molecule has 1 aromatic carbocycles. The number of benzene rings is 1. The van der Waals surface area contributed by atoms with Crippen molar-refractivity contribution in [3.8, 4) is 5.75 Å². The molecule has 2 aromatic heterocycles. The lowest BCUT2D eigenvalue weighted by Crippen LogP contribution is -2.19. The number of hydrogen-bond acceptors (Lipinski definition) is 5. The lowest BCUT2D eigenvalue weighted by molar-refractivity contribution is -0.117. The number of pyridine rings is 1. The van der Waals surface area contributed by atoms with Gasteiger partial charge in [0, 0.05) is 31.9 Å². The standard InChI is InChI=1S/C21H22F3N5O2/c1-4-11-5-6-12(31-21(23)24)7-15(11)29(3)17-9-16-18(25-10-28(16)2)19(26-17)27-20(30)13-8-14(13)22/h5-7,9-10,13-14,21H,4,8H2,1-3H3,(H,26,27,30)/t13-,14+/m0/s1. The van der Waals surface area contributed by atoms with Gasteiger partial charge in [0.1, 0.15) is 23.3 Å². The molecule has 0 spiro atoms. The number of ether oxygens (including phenoxy) is 1. The molecule has 2 heterocycles. The summed E-state index contributed by atoms with van der Waals surface area (Å²) < 4.78 is 45.0. The fraction of sp³-hybridized carbons (Fsp3) is 0.381. The number of imidazole rings is 1. The fourth-order valence-corrected chi connectivity index (χ4v) is 3.47. The predicted molar refractivity (Wildman–Crippen MR) is 111 cm³/mol. The number of rotatable bonds is 7. The monoisotopic (exact) mass is 433 g/mol. The van der Waals surface area contributed by atoms with Crippen molar-refractivity contribution < 1.29 is 22.7 Å². The van der Waals surface area contributed by atoms with Crippen LogP contribution in [0, 0.1) is 5.92 Å². The summed E-state index contributed by atoms with van der Waals surface area (Å²) >= 11 is 0. The van der Waals surface area contributed by atoms with E-state index in [0.717, 1.165) is 5.56 Å². The number of carbonyl (C=O) groups excluding carboxylic acids is 1. The van der Waals surface area contributed by atoms with Gasteiger partial charge in [0.15, 0.2) is 5.82 Å². The van der Waals surface area contributed by atoms with Crippen LogP contribution in [-0.4, -0.2) is 40.3 Å². The van der Waals surface area contributed by atoms with E-state index in [0.29, 0.717) is 29.0 Å². The SMILES string of the molecule is CCc1ccc(OC(F)F)cc1N(C)c1cc2c(ncn2C)c(NC(=O)[C@H]2C[C@H]2F)n1. The highest BCUT2D eigenvalue weighted by atomic mass is 19.3. The van der Waals surface area contributed by atoms with E-state index < -0.39 is 24.6 Å². The van der Waals surface area contributed by atoms with Crippen molar-refractivity contribution in [3.63, 3.8) is 0 Å².